The molecule has 0 saturated carbocycles. The highest BCUT2D eigenvalue weighted by Gasteiger charge is 2.33. The number of sulfonamides is 1. The van der Waals surface area contributed by atoms with Gasteiger partial charge in [-0.05, 0) is 55.0 Å². The third-order valence-electron chi connectivity index (χ3n) is 5.92. The van der Waals surface area contributed by atoms with Gasteiger partial charge in [0.1, 0.15) is 16.2 Å². The number of hydrogen-bond acceptors (Lipinski definition) is 6. The van der Waals surface area contributed by atoms with Crippen molar-refractivity contribution in [2.24, 2.45) is 0 Å². The summed E-state index contributed by atoms with van der Waals surface area (Å²) in [5, 5.41) is 0.378. The lowest BCUT2D eigenvalue weighted by atomic mass is 10.3. The van der Waals surface area contributed by atoms with Gasteiger partial charge < -0.3 is 4.57 Å². The Morgan fingerprint density at radius 2 is 1.43 bits per heavy atom. The van der Waals surface area contributed by atoms with Crippen LogP contribution in [-0.4, -0.2) is 31.4 Å². The highest BCUT2D eigenvalue weighted by atomic mass is 35.5. The van der Waals surface area contributed by atoms with Gasteiger partial charge >= 0.3 is 0 Å². The number of sulfone groups is 1. The number of aryl methyl sites for hydroxylation is 1. The van der Waals surface area contributed by atoms with Crippen molar-refractivity contribution in [3.05, 3.63) is 83.9 Å². The van der Waals surface area contributed by atoms with Gasteiger partial charge in [0, 0.05) is 11.6 Å². The molecule has 0 bridgehead atoms. The number of aromatic nitrogens is 3. The number of hydrogen-bond donors (Lipinski definition) is 1. The Morgan fingerprint density at radius 1 is 0.811 bits per heavy atom. The Hall–Kier alpha value is -3.47. The van der Waals surface area contributed by atoms with E-state index in [0.717, 1.165) is 6.42 Å². The van der Waals surface area contributed by atoms with E-state index in [1.165, 1.54) is 36.4 Å². The predicted octanol–water partition coefficient (Wildman–Crippen LogP) is 5.67. The molecule has 190 valence electrons. The third kappa shape index (κ3) is 4.68. The summed E-state index contributed by atoms with van der Waals surface area (Å²) >= 11 is 5.95. The molecule has 5 aromatic rings. The number of para-hydroxylation sites is 2. The van der Waals surface area contributed by atoms with Gasteiger partial charge in [-0.3, -0.25) is 4.72 Å². The first-order valence-corrected chi connectivity index (χ1v) is 14.9. The Morgan fingerprint density at radius 3 is 2.08 bits per heavy atom. The normalized spacial score (nSPS) is 12.3. The van der Waals surface area contributed by atoms with Crippen LogP contribution in [-0.2, 0) is 26.4 Å². The van der Waals surface area contributed by atoms with Crippen molar-refractivity contribution in [2.45, 2.75) is 41.0 Å². The number of fused-ring (bicyclic) bond motifs is 2. The molecule has 37 heavy (non-hydrogen) atoms. The van der Waals surface area contributed by atoms with Crippen molar-refractivity contribution in [1.82, 2.24) is 14.5 Å². The molecule has 0 aliphatic heterocycles. The minimum absolute atomic E-state index is 0.0199. The summed E-state index contributed by atoms with van der Waals surface area (Å²) in [6.07, 6.45) is 1.46. The van der Waals surface area contributed by atoms with E-state index in [1.807, 2.05) is 13.0 Å². The Kier molecular flexibility index (Phi) is 6.65. The van der Waals surface area contributed by atoms with Crippen molar-refractivity contribution in [3.8, 4) is 0 Å². The van der Waals surface area contributed by atoms with Gasteiger partial charge in [0.15, 0.2) is 5.65 Å². The van der Waals surface area contributed by atoms with Crippen LogP contribution in [0.5, 0.6) is 0 Å². The maximum Gasteiger partial charge on any atom is 0.263 e. The van der Waals surface area contributed by atoms with Gasteiger partial charge in [-0.25, -0.2) is 26.8 Å². The first-order valence-electron chi connectivity index (χ1n) is 11.6. The van der Waals surface area contributed by atoms with Gasteiger partial charge in [0.05, 0.1) is 20.8 Å². The van der Waals surface area contributed by atoms with Crippen LogP contribution < -0.4 is 4.72 Å². The summed E-state index contributed by atoms with van der Waals surface area (Å²) in [7, 11) is -8.39. The van der Waals surface area contributed by atoms with Crippen molar-refractivity contribution < 1.29 is 16.8 Å². The molecule has 2 heterocycles. The first kappa shape index (κ1) is 25.2. The van der Waals surface area contributed by atoms with Gasteiger partial charge in [0.25, 0.3) is 10.0 Å². The third-order valence-corrected chi connectivity index (χ3v) is 9.34. The molecule has 2 aromatic heterocycles. The topological polar surface area (TPSA) is 111 Å². The SMILES string of the molecule is CCCCn1c(NS(=O)(=O)c2ccc(Cl)cc2)c(S(=O)(=O)c2ccccc2)c2nc3ccccc3nc21. The molecule has 8 nitrogen and oxygen atoms in total. The lowest BCUT2D eigenvalue weighted by Crippen LogP contribution is -2.18. The minimum atomic E-state index is -4.20. The monoisotopic (exact) mass is 554 g/mol. The van der Waals surface area contributed by atoms with Crippen molar-refractivity contribution in [3.63, 3.8) is 0 Å². The number of nitrogens with one attached hydrogen (secondary N) is 1. The van der Waals surface area contributed by atoms with Crippen LogP contribution >= 0.6 is 11.6 Å². The van der Waals surface area contributed by atoms with Crippen LogP contribution in [0.15, 0.2) is 93.5 Å². The van der Waals surface area contributed by atoms with Gasteiger partial charge in [-0.2, -0.15) is 0 Å². The second kappa shape index (κ2) is 9.77. The van der Waals surface area contributed by atoms with Crippen molar-refractivity contribution in [1.29, 1.82) is 0 Å². The number of benzene rings is 3. The van der Waals surface area contributed by atoms with Crippen LogP contribution in [0.25, 0.3) is 22.2 Å². The van der Waals surface area contributed by atoms with Crippen molar-refractivity contribution >= 4 is 59.5 Å². The molecule has 1 N–H and O–H groups in total. The fourth-order valence-corrected chi connectivity index (χ4v) is 6.91. The Balaban J connectivity index is 1.85. The lowest BCUT2D eigenvalue weighted by Gasteiger charge is -2.14. The number of rotatable bonds is 8. The zero-order valence-corrected chi connectivity index (χ0v) is 22.2. The molecule has 0 unspecified atom stereocenters. The van der Waals surface area contributed by atoms with Gasteiger partial charge in [-0.15, -0.1) is 0 Å². The molecule has 0 spiro atoms. The molecule has 0 aliphatic rings. The zero-order chi connectivity index (χ0) is 26.2. The molecule has 11 heteroatoms. The summed E-state index contributed by atoms with van der Waals surface area (Å²) in [5.74, 6) is -0.0995. The average molecular weight is 555 g/mol. The van der Waals surface area contributed by atoms with E-state index in [-0.39, 0.29) is 31.7 Å². The molecular weight excluding hydrogens is 532 g/mol. The Bertz CT molecular complexity index is 1820. The van der Waals surface area contributed by atoms with E-state index in [4.69, 9.17) is 16.6 Å². The molecular formula is C26H23ClN4O4S2. The summed E-state index contributed by atoms with van der Waals surface area (Å²) in [6, 6.07) is 20.6. The smallest absolute Gasteiger partial charge is 0.263 e. The van der Waals surface area contributed by atoms with Crippen molar-refractivity contribution in [2.75, 3.05) is 4.72 Å². The standard InChI is InChI=1S/C26H23ClN4O4S2/c1-2-3-17-31-25-23(28-21-11-7-8-12-22(21)29-25)24(36(32,33)19-9-5-4-6-10-19)26(31)30-37(34,35)20-15-13-18(27)14-16-20/h4-16,30H,2-3,17H2,1H3. The van der Waals surface area contributed by atoms with Crippen LogP contribution in [0.4, 0.5) is 5.82 Å². The van der Waals surface area contributed by atoms with Crippen LogP contribution in [0.2, 0.25) is 5.02 Å². The quantitative estimate of drug-likeness (QED) is 0.264. The number of anilines is 1. The largest absolute Gasteiger partial charge is 0.309 e. The van der Waals surface area contributed by atoms with E-state index in [9.17, 15) is 16.8 Å². The molecule has 0 amide bonds. The molecule has 5 rings (SSSR count). The minimum Gasteiger partial charge on any atom is -0.309 e. The number of nitrogens with zero attached hydrogens (tertiary/aromatic N) is 3. The maximum absolute atomic E-state index is 14.0. The molecule has 0 radical (unpaired) electrons. The highest BCUT2D eigenvalue weighted by molar-refractivity contribution is 7.93. The molecule has 0 saturated heterocycles. The van der Waals surface area contributed by atoms with E-state index >= 15 is 0 Å². The summed E-state index contributed by atoms with van der Waals surface area (Å²) in [6.45, 7) is 2.33. The molecule has 0 fully saturated rings. The van der Waals surface area contributed by atoms with Crippen LogP contribution in [0, 0.1) is 0 Å². The number of unbranched alkanes of at least 4 members (excludes halogenated alkanes) is 1. The number of halogens is 1. The lowest BCUT2D eigenvalue weighted by molar-refractivity contribution is 0.595. The van der Waals surface area contributed by atoms with E-state index in [2.05, 4.69) is 9.71 Å². The molecule has 0 atom stereocenters. The first-order chi connectivity index (χ1) is 17.7. The van der Waals surface area contributed by atoms with Crippen LogP contribution in [0.1, 0.15) is 19.8 Å². The fraction of sp³-hybridized carbons (Fsp3) is 0.154. The zero-order valence-electron chi connectivity index (χ0n) is 19.8. The summed E-state index contributed by atoms with van der Waals surface area (Å²) in [4.78, 5) is 9.10. The molecule has 3 aromatic carbocycles. The molecule has 0 aliphatic carbocycles. The van der Waals surface area contributed by atoms with Crippen LogP contribution in [0.3, 0.4) is 0 Å². The van der Waals surface area contributed by atoms with Gasteiger partial charge in [-0.1, -0.05) is 55.3 Å². The maximum atomic E-state index is 14.0. The van der Waals surface area contributed by atoms with E-state index < -0.39 is 19.9 Å². The Labute approximate surface area is 219 Å². The van der Waals surface area contributed by atoms with E-state index in [1.54, 1.807) is 41.0 Å². The summed E-state index contributed by atoms with van der Waals surface area (Å²) < 4.78 is 59.1. The second-order valence-corrected chi connectivity index (χ2v) is 12.4. The summed E-state index contributed by atoms with van der Waals surface area (Å²) in [5.41, 5.74) is 1.46. The fourth-order valence-electron chi connectivity index (χ4n) is 4.08. The second-order valence-electron chi connectivity index (χ2n) is 8.44. The highest BCUT2D eigenvalue weighted by Crippen LogP contribution is 2.38. The predicted molar refractivity (Wildman–Crippen MR) is 144 cm³/mol. The van der Waals surface area contributed by atoms with Gasteiger partial charge in [0.2, 0.25) is 9.84 Å². The average Bonchev–Trinajstić information content (AvgIpc) is 3.18. The van der Waals surface area contributed by atoms with E-state index in [0.29, 0.717) is 29.0 Å².